The van der Waals surface area contributed by atoms with Crippen molar-refractivity contribution in [3.8, 4) is 0 Å². The molecule has 1 aromatic carbocycles. The van der Waals surface area contributed by atoms with E-state index in [0.717, 1.165) is 6.07 Å². The molecule has 96 valence electrons. The third-order valence-corrected chi connectivity index (χ3v) is 3.56. The van der Waals surface area contributed by atoms with Gasteiger partial charge in [-0.3, -0.25) is 4.72 Å². The topological polar surface area (TPSA) is 72.2 Å². The lowest BCUT2D eigenvalue weighted by Crippen LogP contribution is -2.19. The fraction of sp³-hybridized carbons (Fsp3) is 0.455. The van der Waals surface area contributed by atoms with Crippen LogP contribution in [0.5, 0.6) is 0 Å². The summed E-state index contributed by atoms with van der Waals surface area (Å²) in [5.41, 5.74) is 5.43. The van der Waals surface area contributed by atoms with Gasteiger partial charge in [-0.15, -0.1) is 0 Å². The van der Waals surface area contributed by atoms with Gasteiger partial charge in [0.15, 0.2) is 0 Å². The number of rotatable bonds is 5. The van der Waals surface area contributed by atoms with Crippen LogP contribution in [0.1, 0.15) is 20.3 Å². The Kier molecular flexibility index (Phi) is 4.34. The molecule has 17 heavy (non-hydrogen) atoms. The maximum absolute atomic E-state index is 13.4. The number of benzene rings is 1. The van der Waals surface area contributed by atoms with Crippen LogP contribution >= 0.6 is 0 Å². The summed E-state index contributed by atoms with van der Waals surface area (Å²) in [6, 6.07) is 4.04. The van der Waals surface area contributed by atoms with E-state index in [-0.39, 0.29) is 23.0 Å². The van der Waals surface area contributed by atoms with E-state index in [1.165, 1.54) is 12.1 Å². The normalized spacial score (nSPS) is 11.8. The SMILES string of the molecule is CC(C)CCS(=O)(=O)Nc1c(N)cccc1F. The number of nitrogen functional groups attached to an aromatic ring is 1. The number of nitrogens with two attached hydrogens (primary N) is 1. The van der Waals surface area contributed by atoms with Gasteiger partial charge >= 0.3 is 0 Å². The number of anilines is 2. The van der Waals surface area contributed by atoms with Crippen LogP contribution in [0.2, 0.25) is 0 Å². The van der Waals surface area contributed by atoms with E-state index in [0.29, 0.717) is 6.42 Å². The van der Waals surface area contributed by atoms with Crippen LogP contribution < -0.4 is 10.5 Å². The largest absolute Gasteiger partial charge is 0.397 e. The molecule has 0 aliphatic carbocycles. The van der Waals surface area contributed by atoms with Crippen molar-refractivity contribution in [1.82, 2.24) is 0 Å². The van der Waals surface area contributed by atoms with Crippen LogP contribution in [0.15, 0.2) is 18.2 Å². The van der Waals surface area contributed by atoms with Crippen molar-refractivity contribution in [3.05, 3.63) is 24.0 Å². The number of sulfonamides is 1. The number of halogens is 1. The van der Waals surface area contributed by atoms with Crippen LogP contribution in [0.4, 0.5) is 15.8 Å². The Morgan fingerprint density at radius 3 is 2.59 bits per heavy atom. The molecular weight excluding hydrogens is 243 g/mol. The average Bonchev–Trinajstić information content (AvgIpc) is 2.21. The van der Waals surface area contributed by atoms with Crippen molar-refractivity contribution >= 4 is 21.4 Å². The summed E-state index contributed by atoms with van der Waals surface area (Å²) in [6.45, 7) is 3.85. The first-order valence-electron chi connectivity index (χ1n) is 5.36. The maximum Gasteiger partial charge on any atom is 0.232 e. The molecule has 0 aromatic heterocycles. The fourth-order valence-corrected chi connectivity index (χ4v) is 2.66. The van der Waals surface area contributed by atoms with Crippen molar-refractivity contribution in [1.29, 1.82) is 0 Å². The Morgan fingerprint density at radius 1 is 1.41 bits per heavy atom. The summed E-state index contributed by atoms with van der Waals surface area (Å²) in [6.07, 6.45) is 0.518. The number of nitrogens with one attached hydrogen (secondary N) is 1. The van der Waals surface area contributed by atoms with E-state index in [2.05, 4.69) is 4.72 Å². The fourth-order valence-electron chi connectivity index (χ4n) is 1.25. The molecule has 0 saturated carbocycles. The lowest BCUT2D eigenvalue weighted by atomic mass is 10.2. The van der Waals surface area contributed by atoms with Gasteiger partial charge in [-0.2, -0.15) is 0 Å². The zero-order valence-electron chi connectivity index (χ0n) is 9.90. The first kappa shape index (κ1) is 13.8. The first-order chi connectivity index (χ1) is 7.82. The highest BCUT2D eigenvalue weighted by Crippen LogP contribution is 2.23. The van der Waals surface area contributed by atoms with Gasteiger partial charge in [0.1, 0.15) is 11.5 Å². The molecule has 0 atom stereocenters. The molecule has 3 N–H and O–H groups in total. The number of hydrogen-bond donors (Lipinski definition) is 2. The summed E-state index contributed by atoms with van der Waals surface area (Å²) in [5, 5.41) is 0. The number of para-hydroxylation sites is 1. The van der Waals surface area contributed by atoms with E-state index < -0.39 is 15.8 Å². The Hall–Kier alpha value is -1.30. The van der Waals surface area contributed by atoms with Crippen molar-refractivity contribution in [2.75, 3.05) is 16.2 Å². The van der Waals surface area contributed by atoms with Gasteiger partial charge in [-0.05, 0) is 24.5 Å². The van der Waals surface area contributed by atoms with Gasteiger partial charge < -0.3 is 5.73 Å². The highest BCUT2D eigenvalue weighted by atomic mass is 32.2. The first-order valence-corrected chi connectivity index (χ1v) is 7.01. The molecule has 6 heteroatoms. The summed E-state index contributed by atoms with van der Waals surface area (Å²) < 4.78 is 38.9. The minimum atomic E-state index is -3.54. The standard InChI is InChI=1S/C11H17FN2O2S/c1-8(2)6-7-17(15,16)14-11-9(12)4-3-5-10(11)13/h3-5,8,14H,6-7,13H2,1-2H3. The van der Waals surface area contributed by atoms with Gasteiger partial charge in [0.05, 0.1) is 11.4 Å². The van der Waals surface area contributed by atoms with Crippen LogP contribution in [-0.4, -0.2) is 14.2 Å². The monoisotopic (exact) mass is 260 g/mol. The predicted molar refractivity (Wildman–Crippen MR) is 67.7 cm³/mol. The molecule has 0 fully saturated rings. The van der Waals surface area contributed by atoms with Crippen molar-refractivity contribution < 1.29 is 12.8 Å². The van der Waals surface area contributed by atoms with Crippen molar-refractivity contribution in [2.24, 2.45) is 5.92 Å². The molecule has 0 amide bonds. The van der Waals surface area contributed by atoms with E-state index in [9.17, 15) is 12.8 Å². The van der Waals surface area contributed by atoms with Gasteiger partial charge in [0, 0.05) is 0 Å². The smallest absolute Gasteiger partial charge is 0.232 e. The second-order valence-electron chi connectivity index (χ2n) is 4.31. The Morgan fingerprint density at radius 2 is 2.06 bits per heavy atom. The molecular formula is C11H17FN2O2S. The lowest BCUT2D eigenvalue weighted by Gasteiger charge is -2.11. The molecule has 0 saturated heterocycles. The van der Waals surface area contributed by atoms with Crippen molar-refractivity contribution in [2.45, 2.75) is 20.3 Å². The molecule has 0 heterocycles. The number of hydrogen-bond acceptors (Lipinski definition) is 3. The molecule has 0 unspecified atom stereocenters. The quantitative estimate of drug-likeness (QED) is 0.797. The molecule has 0 bridgehead atoms. The lowest BCUT2D eigenvalue weighted by molar-refractivity contribution is 0.576. The van der Waals surface area contributed by atoms with E-state index in [1.807, 2.05) is 13.8 Å². The van der Waals surface area contributed by atoms with Crippen LogP contribution in [0, 0.1) is 11.7 Å². The maximum atomic E-state index is 13.4. The Balaban J connectivity index is 2.83. The minimum absolute atomic E-state index is 0.0432. The molecule has 0 radical (unpaired) electrons. The van der Waals surface area contributed by atoms with Crippen LogP contribution in [-0.2, 0) is 10.0 Å². The zero-order valence-corrected chi connectivity index (χ0v) is 10.7. The van der Waals surface area contributed by atoms with Gasteiger partial charge in [-0.25, -0.2) is 12.8 Å². The summed E-state index contributed by atoms with van der Waals surface area (Å²) in [7, 11) is -3.54. The zero-order chi connectivity index (χ0) is 13.1. The molecule has 1 rings (SSSR count). The minimum Gasteiger partial charge on any atom is -0.397 e. The highest BCUT2D eigenvalue weighted by molar-refractivity contribution is 7.92. The van der Waals surface area contributed by atoms with Crippen LogP contribution in [0.25, 0.3) is 0 Å². The molecule has 0 spiro atoms. The highest BCUT2D eigenvalue weighted by Gasteiger charge is 2.15. The molecule has 0 aliphatic rings. The van der Waals surface area contributed by atoms with Gasteiger partial charge in [0.2, 0.25) is 10.0 Å². The molecule has 1 aromatic rings. The van der Waals surface area contributed by atoms with E-state index in [1.54, 1.807) is 0 Å². The van der Waals surface area contributed by atoms with E-state index in [4.69, 9.17) is 5.73 Å². The third-order valence-electron chi connectivity index (χ3n) is 2.27. The Bertz CT molecular complexity index is 466. The second kappa shape index (κ2) is 5.35. The molecule has 4 nitrogen and oxygen atoms in total. The second-order valence-corrected chi connectivity index (χ2v) is 6.15. The van der Waals surface area contributed by atoms with Gasteiger partial charge in [-0.1, -0.05) is 19.9 Å². The average molecular weight is 260 g/mol. The van der Waals surface area contributed by atoms with E-state index >= 15 is 0 Å². The summed E-state index contributed by atoms with van der Waals surface area (Å²) in [4.78, 5) is 0. The van der Waals surface area contributed by atoms with Crippen molar-refractivity contribution in [3.63, 3.8) is 0 Å². The predicted octanol–water partition coefficient (Wildman–Crippen LogP) is 2.20. The Labute approximate surface area is 101 Å². The summed E-state index contributed by atoms with van der Waals surface area (Å²) >= 11 is 0. The molecule has 0 aliphatic heterocycles. The van der Waals surface area contributed by atoms with Crippen LogP contribution in [0.3, 0.4) is 0 Å². The summed E-state index contributed by atoms with van der Waals surface area (Å²) in [5.74, 6) is -0.444. The third kappa shape index (κ3) is 4.22. The van der Waals surface area contributed by atoms with Gasteiger partial charge in [0.25, 0.3) is 0 Å².